The van der Waals surface area contributed by atoms with E-state index in [9.17, 15) is 8.78 Å². The number of thioether (sulfide) groups is 1. The minimum atomic E-state index is -0.380. The fourth-order valence-electron chi connectivity index (χ4n) is 2.83. The third-order valence-corrected chi connectivity index (χ3v) is 5.06. The van der Waals surface area contributed by atoms with Gasteiger partial charge in [0.15, 0.2) is 0 Å². The lowest BCUT2D eigenvalue weighted by Gasteiger charge is -2.33. The van der Waals surface area contributed by atoms with Gasteiger partial charge in [0.05, 0.1) is 0 Å². The zero-order valence-corrected chi connectivity index (χ0v) is 12.3. The summed E-state index contributed by atoms with van der Waals surface area (Å²) in [5, 5.41) is 4.05. The molecular formula is C15H21F2NS. The highest BCUT2D eigenvalue weighted by Crippen LogP contribution is 2.29. The lowest BCUT2D eigenvalue weighted by Crippen LogP contribution is -2.41. The van der Waals surface area contributed by atoms with Gasteiger partial charge in [-0.05, 0) is 44.2 Å². The van der Waals surface area contributed by atoms with E-state index in [1.165, 1.54) is 31.4 Å². The van der Waals surface area contributed by atoms with Crippen LogP contribution in [0, 0.1) is 11.6 Å². The minimum absolute atomic E-state index is 0.159. The van der Waals surface area contributed by atoms with E-state index in [2.05, 4.69) is 11.6 Å². The molecule has 19 heavy (non-hydrogen) atoms. The molecule has 0 saturated heterocycles. The molecule has 106 valence electrons. The summed E-state index contributed by atoms with van der Waals surface area (Å²) in [7, 11) is 0. The SMILES string of the molecule is CSC1CCCCC1NC(C)c1cc(F)ccc1F. The van der Waals surface area contributed by atoms with Gasteiger partial charge in [-0.2, -0.15) is 11.8 Å². The summed E-state index contributed by atoms with van der Waals surface area (Å²) in [5.41, 5.74) is 0.422. The monoisotopic (exact) mass is 285 g/mol. The lowest BCUT2D eigenvalue weighted by molar-refractivity contribution is 0.352. The molecule has 0 radical (unpaired) electrons. The molecule has 0 spiro atoms. The molecule has 1 aliphatic rings. The number of halogens is 2. The van der Waals surface area contributed by atoms with Gasteiger partial charge in [0.25, 0.3) is 0 Å². The maximum Gasteiger partial charge on any atom is 0.128 e. The van der Waals surface area contributed by atoms with E-state index in [1.54, 1.807) is 0 Å². The van der Waals surface area contributed by atoms with Gasteiger partial charge in [-0.3, -0.25) is 0 Å². The highest BCUT2D eigenvalue weighted by molar-refractivity contribution is 7.99. The van der Waals surface area contributed by atoms with Crippen LogP contribution in [-0.4, -0.2) is 17.5 Å². The van der Waals surface area contributed by atoms with Crippen LogP contribution in [0.1, 0.15) is 44.2 Å². The van der Waals surface area contributed by atoms with E-state index >= 15 is 0 Å². The Hall–Kier alpha value is -0.610. The van der Waals surface area contributed by atoms with Crippen LogP contribution >= 0.6 is 11.8 Å². The highest BCUT2D eigenvalue weighted by Gasteiger charge is 2.26. The van der Waals surface area contributed by atoms with Gasteiger partial charge in [-0.15, -0.1) is 0 Å². The Labute approximate surface area is 118 Å². The summed E-state index contributed by atoms with van der Waals surface area (Å²) < 4.78 is 27.0. The summed E-state index contributed by atoms with van der Waals surface area (Å²) >= 11 is 1.87. The second-order valence-electron chi connectivity index (χ2n) is 5.22. The van der Waals surface area contributed by atoms with E-state index in [0.29, 0.717) is 16.9 Å². The predicted molar refractivity (Wildman–Crippen MR) is 77.5 cm³/mol. The average molecular weight is 285 g/mol. The van der Waals surface area contributed by atoms with Crippen molar-refractivity contribution in [1.29, 1.82) is 0 Å². The van der Waals surface area contributed by atoms with Crippen molar-refractivity contribution in [3.8, 4) is 0 Å². The fraction of sp³-hybridized carbons (Fsp3) is 0.600. The zero-order valence-electron chi connectivity index (χ0n) is 11.5. The first-order valence-corrected chi connectivity index (χ1v) is 8.14. The van der Waals surface area contributed by atoms with Crippen molar-refractivity contribution in [3.63, 3.8) is 0 Å². The molecule has 0 heterocycles. The van der Waals surface area contributed by atoms with Crippen molar-refractivity contribution in [1.82, 2.24) is 5.32 Å². The summed E-state index contributed by atoms with van der Waals surface area (Å²) in [6, 6.07) is 3.89. The molecule has 1 N–H and O–H groups in total. The molecule has 1 aromatic carbocycles. The van der Waals surface area contributed by atoms with Crippen molar-refractivity contribution in [3.05, 3.63) is 35.4 Å². The van der Waals surface area contributed by atoms with E-state index in [1.807, 2.05) is 18.7 Å². The number of benzene rings is 1. The van der Waals surface area contributed by atoms with Gasteiger partial charge >= 0.3 is 0 Å². The summed E-state index contributed by atoms with van der Waals surface area (Å²) in [5.74, 6) is -0.715. The maximum absolute atomic E-state index is 13.7. The second-order valence-corrected chi connectivity index (χ2v) is 6.30. The summed E-state index contributed by atoms with van der Waals surface area (Å²) in [6.07, 6.45) is 6.93. The number of nitrogens with one attached hydrogen (secondary N) is 1. The maximum atomic E-state index is 13.7. The minimum Gasteiger partial charge on any atom is -0.306 e. The van der Waals surface area contributed by atoms with Crippen LogP contribution in [0.15, 0.2) is 18.2 Å². The van der Waals surface area contributed by atoms with Crippen molar-refractivity contribution in [2.75, 3.05) is 6.26 Å². The quantitative estimate of drug-likeness (QED) is 0.885. The Kier molecular flexibility index (Phi) is 5.22. The Bertz CT molecular complexity index is 425. The van der Waals surface area contributed by atoms with Gasteiger partial charge in [-0.25, -0.2) is 8.78 Å². The van der Waals surface area contributed by atoms with Crippen molar-refractivity contribution in [2.24, 2.45) is 0 Å². The van der Waals surface area contributed by atoms with Gasteiger partial charge in [0.1, 0.15) is 11.6 Å². The molecule has 1 aliphatic carbocycles. The van der Waals surface area contributed by atoms with E-state index in [0.717, 1.165) is 12.5 Å². The van der Waals surface area contributed by atoms with Crippen LogP contribution < -0.4 is 5.32 Å². The molecule has 3 atom stereocenters. The van der Waals surface area contributed by atoms with E-state index < -0.39 is 0 Å². The van der Waals surface area contributed by atoms with Crippen LogP contribution in [0.4, 0.5) is 8.78 Å². The zero-order chi connectivity index (χ0) is 13.8. The van der Waals surface area contributed by atoms with Gasteiger partial charge in [0, 0.05) is 22.9 Å². The van der Waals surface area contributed by atoms with Crippen LogP contribution in [0.3, 0.4) is 0 Å². The first-order chi connectivity index (χ1) is 9.11. The van der Waals surface area contributed by atoms with Gasteiger partial charge in [0.2, 0.25) is 0 Å². The predicted octanol–water partition coefficient (Wildman–Crippen LogP) is 4.29. The first kappa shape index (κ1) is 14.8. The van der Waals surface area contributed by atoms with E-state index in [4.69, 9.17) is 0 Å². The molecule has 0 amide bonds. The molecule has 1 nitrogen and oxygen atoms in total. The number of hydrogen-bond acceptors (Lipinski definition) is 2. The van der Waals surface area contributed by atoms with Gasteiger partial charge in [-0.1, -0.05) is 12.8 Å². The van der Waals surface area contributed by atoms with Gasteiger partial charge < -0.3 is 5.32 Å². The number of hydrogen-bond donors (Lipinski definition) is 1. The smallest absolute Gasteiger partial charge is 0.128 e. The molecule has 4 heteroatoms. The lowest BCUT2D eigenvalue weighted by atomic mass is 9.93. The Morgan fingerprint density at radius 1 is 1.26 bits per heavy atom. The topological polar surface area (TPSA) is 12.0 Å². The Balaban J connectivity index is 2.07. The third-order valence-electron chi connectivity index (χ3n) is 3.89. The van der Waals surface area contributed by atoms with E-state index in [-0.39, 0.29) is 17.7 Å². The first-order valence-electron chi connectivity index (χ1n) is 6.85. The van der Waals surface area contributed by atoms with Crippen LogP contribution in [0.25, 0.3) is 0 Å². The second kappa shape index (κ2) is 6.71. The average Bonchev–Trinajstić information content (AvgIpc) is 2.42. The largest absolute Gasteiger partial charge is 0.306 e. The molecule has 1 aromatic rings. The molecule has 0 bridgehead atoms. The normalized spacial score (nSPS) is 25.3. The fourth-order valence-corrected chi connectivity index (χ4v) is 3.77. The molecule has 1 saturated carbocycles. The van der Waals surface area contributed by atoms with Crippen molar-refractivity contribution >= 4 is 11.8 Å². The van der Waals surface area contributed by atoms with Crippen LogP contribution in [0.5, 0.6) is 0 Å². The molecule has 0 aliphatic heterocycles. The highest BCUT2D eigenvalue weighted by atomic mass is 32.2. The number of rotatable bonds is 4. The van der Waals surface area contributed by atoms with Crippen LogP contribution in [0.2, 0.25) is 0 Å². The molecule has 3 unspecified atom stereocenters. The molecule has 2 rings (SSSR count). The van der Waals surface area contributed by atoms with Crippen LogP contribution in [-0.2, 0) is 0 Å². The molecular weight excluding hydrogens is 264 g/mol. The van der Waals surface area contributed by atoms with Crippen molar-refractivity contribution < 1.29 is 8.78 Å². The third kappa shape index (κ3) is 3.69. The summed E-state index contributed by atoms with van der Waals surface area (Å²) in [6.45, 7) is 1.91. The molecule has 0 aromatic heterocycles. The Morgan fingerprint density at radius 3 is 2.74 bits per heavy atom. The molecule has 1 fully saturated rings. The Morgan fingerprint density at radius 2 is 2.00 bits per heavy atom. The standard InChI is InChI=1S/C15H21F2NS/c1-10(12-9-11(16)7-8-13(12)17)18-14-5-3-4-6-15(14)19-2/h7-10,14-15,18H,3-6H2,1-2H3. The summed E-state index contributed by atoms with van der Waals surface area (Å²) in [4.78, 5) is 0. The van der Waals surface area contributed by atoms with Crippen molar-refractivity contribution in [2.45, 2.75) is 49.9 Å².